The standard InChI is InChI=1S/C19H17ClFN5S.C4H4O4/c20-17-8-16-18(27-17)19(24-11-23-16)25-14-3-5-26(6-4-14)10-12-1-2-15(21)13(7-12)9-22;5-3(6)1-2-4(7)8/h1-2,7-8,11,14H,3-6,10H2,(H,23,24,25);1-2H,(H,5,6)(H,7,8)/b;2-1-/i1D,2D,3D2,4D2,7D,8D,10D2,11D,14D;/hD. The number of piperidine rings is 1. The van der Waals surface area contributed by atoms with Gasteiger partial charge >= 0.3 is 11.9 Å². The first-order valence-corrected chi connectivity index (χ1v) is 10.4. The van der Waals surface area contributed by atoms with Crippen LogP contribution in [0, 0.1) is 17.1 Å². The predicted molar refractivity (Wildman–Crippen MR) is 130 cm³/mol. The first-order chi connectivity index (χ1) is 21.9. The molecular weight excluding hydrogens is 497 g/mol. The first kappa shape index (κ1) is 13.5. The number of thiophene rings is 1. The topological polar surface area (TPSA) is 139 Å². The maximum atomic E-state index is 14.3. The highest BCUT2D eigenvalue weighted by Crippen LogP contribution is 2.33. The smallest absolute Gasteiger partial charge is 0.328 e. The fraction of sp³-hybridized carbons (Fsp3) is 0.261. The maximum Gasteiger partial charge on any atom is 0.328 e. The Hall–Kier alpha value is -3.59. The molecule has 0 saturated carbocycles. The van der Waals surface area contributed by atoms with E-state index in [1.807, 2.05) is 0 Å². The van der Waals surface area contributed by atoms with Crippen LogP contribution in [0.15, 0.2) is 42.6 Å². The molecule has 0 atom stereocenters. The number of nitrogens with one attached hydrogen (secondary N) is 1. The third-order valence-electron chi connectivity index (χ3n) is 3.75. The molecule has 1 aliphatic heterocycles. The van der Waals surface area contributed by atoms with Crippen LogP contribution in [0.4, 0.5) is 10.2 Å². The van der Waals surface area contributed by atoms with Gasteiger partial charge in [-0.05, 0) is 36.4 Å². The number of fused-ring (bicyclic) bond motifs is 1. The van der Waals surface area contributed by atoms with Crippen molar-refractivity contribution in [3.63, 3.8) is 0 Å². The van der Waals surface area contributed by atoms with Crippen LogP contribution in [0.2, 0.25) is 5.75 Å². The van der Waals surface area contributed by atoms with E-state index in [0.717, 1.165) is 0 Å². The van der Waals surface area contributed by atoms with Crippen molar-refractivity contribution < 1.29 is 42.1 Å². The molecule has 3 aromatic rings. The number of aliphatic carboxylic acids is 2. The Morgan fingerprint density at radius 3 is 2.71 bits per heavy atom. The van der Waals surface area contributed by atoms with Crippen LogP contribution in [-0.4, -0.2) is 56.1 Å². The minimum absolute atomic E-state index is 0.0759. The number of anilines is 1. The zero-order valence-electron chi connectivity index (χ0n) is 30.2. The number of carbonyl (C=O) groups is 2. The molecule has 0 aliphatic carbocycles. The number of hydrogen-bond acceptors (Lipinski definition) is 8. The number of aromatic nitrogens is 2. The number of carboxylic acid groups (broad SMARTS) is 2. The summed E-state index contributed by atoms with van der Waals surface area (Å²) in [5, 5.41) is 25.0. The normalized spacial score (nSPS) is 23.9. The quantitative estimate of drug-likeness (QED) is 0.401. The lowest BCUT2D eigenvalue weighted by Crippen LogP contribution is -2.38. The van der Waals surface area contributed by atoms with Gasteiger partial charge in [0, 0.05) is 46.0 Å². The number of nitriles is 1. The maximum absolute atomic E-state index is 14.3. The van der Waals surface area contributed by atoms with Gasteiger partial charge in [-0.1, -0.05) is 17.6 Å². The van der Waals surface area contributed by atoms with Gasteiger partial charge in [-0.2, -0.15) is 5.26 Å². The number of nitrogens with zero attached hydrogens (tertiary/aromatic N) is 4. The molecule has 1 fully saturated rings. The third-order valence-corrected chi connectivity index (χ3v) is 4.94. The van der Waals surface area contributed by atoms with Gasteiger partial charge < -0.3 is 15.5 Å². The number of benzene rings is 1. The van der Waals surface area contributed by atoms with Crippen LogP contribution in [0.25, 0.3) is 10.2 Å². The molecule has 0 bridgehead atoms. The predicted octanol–water partition coefficient (Wildman–Crippen LogP) is 4.14. The highest BCUT2D eigenvalue weighted by atomic mass is 35.5. The third kappa shape index (κ3) is 7.71. The van der Waals surface area contributed by atoms with Crippen LogP contribution in [0.3, 0.4) is 0 Å². The van der Waals surface area contributed by atoms with E-state index in [1.165, 1.54) is 6.07 Å². The van der Waals surface area contributed by atoms with Gasteiger partial charge in [0.2, 0.25) is 0 Å². The summed E-state index contributed by atoms with van der Waals surface area (Å²) in [7, 11) is 0. The second kappa shape index (κ2) is 12.2. The summed E-state index contributed by atoms with van der Waals surface area (Å²) in [6, 6.07) is -5.46. The molecule has 0 spiro atoms. The van der Waals surface area contributed by atoms with Gasteiger partial charge in [0.15, 0.2) is 1.41 Å². The van der Waals surface area contributed by atoms with E-state index in [4.69, 9.17) is 39.7 Å². The van der Waals surface area contributed by atoms with Crippen LogP contribution in [0.1, 0.15) is 40.3 Å². The van der Waals surface area contributed by atoms with Crippen molar-refractivity contribution in [3.8, 4) is 6.07 Å². The van der Waals surface area contributed by atoms with Gasteiger partial charge in [-0.15, -0.1) is 11.3 Å². The summed E-state index contributed by atoms with van der Waals surface area (Å²) < 4.78 is 123. The lowest BCUT2D eigenvalue weighted by atomic mass is 10.0. The lowest BCUT2D eigenvalue weighted by Gasteiger charge is -2.32. The molecule has 1 aliphatic rings. The van der Waals surface area contributed by atoms with Gasteiger partial charge in [0.1, 0.15) is 25.4 Å². The van der Waals surface area contributed by atoms with E-state index in [9.17, 15) is 19.2 Å². The second-order valence-electron chi connectivity index (χ2n) is 6.17. The van der Waals surface area contributed by atoms with Crippen molar-refractivity contribution >= 4 is 50.9 Å². The van der Waals surface area contributed by atoms with Crippen LogP contribution < -0.4 is 5.31 Å². The number of likely N-dealkylation sites (tertiary alicyclic amines) is 1. The molecule has 1 saturated heterocycles. The minimum atomic E-state index is -3.16. The van der Waals surface area contributed by atoms with Gasteiger partial charge in [0.05, 0.1) is 27.0 Å². The SMILES string of the molecule is O=C(O)/C=C\C(=O)O.[2H]c1nc(N([2H])C2([2H])C([2H])([2H])CN(C([2H])([2H])c3c([2H])c([2H])c(F)c(C#N)c3[2H])CC2([2H])[2H])c2sc(Cl)c([2H])c2n1. The monoisotopic (exact) mass is 530 g/mol. The van der Waals surface area contributed by atoms with Gasteiger partial charge in [-0.25, -0.2) is 23.9 Å². The van der Waals surface area contributed by atoms with Crippen molar-refractivity contribution in [2.24, 2.45) is 0 Å². The van der Waals surface area contributed by atoms with Crippen molar-refractivity contribution in [2.45, 2.75) is 25.3 Å². The molecule has 3 N–H and O–H groups in total. The molecule has 0 unspecified atom stereocenters. The fourth-order valence-electron chi connectivity index (χ4n) is 2.34. The molecule has 0 amide bonds. The Kier molecular flexibility index (Phi) is 4.71. The number of carboxylic acids is 2. The Morgan fingerprint density at radius 2 is 2.09 bits per heavy atom. The van der Waals surface area contributed by atoms with Crippen LogP contribution in [-0.2, 0) is 16.1 Å². The Labute approximate surface area is 227 Å². The molecular formula is C23H21ClFN5O4S. The average molecular weight is 531 g/mol. The summed E-state index contributed by atoms with van der Waals surface area (Å²) in [6.07, 6.45) is -5.81. The lowest BCUT2D eigenvalue weighted by molar-refractivity contribution is -0.134. The minimum Gasteiger partial charge on any atom is -0.478 e. The fourth-order valence-corrected chi connectivity index (χ4v) is 3.36. The molecule has 3 heterocycles. The Morgan fingerprint density at radius 1 is 1.40 bits per heavy atom. The van der Waals surface area contributed by atoms with Crippen molar-refractivity contribution in [1.29, 1.82) is 5.26 Å². The van der Waals surface area contributed by atoms with Crippen molar-refractivity contribution in [3.05, 3.63) is 63.9 Å². The zero-order chi connectivity index (χ0) is 36.9. The van der Waals surface area contributed by atoms with Crippen LogP contribution in [0.5, 0.6) is 0 Å². The molecule has 2 aromatic heterocycles. The molecule has 9 nitrogen and oxygen atoms in total. The number of rotatable bonds is 6. The highest BCUT2D eigenvalue weighted by Gasteiger charge is 2.21. The van der Waals surface area contributed by atoms with Gasteiger partial charge in [-0.3, -0.25) is 4.90 Å². The Bertz CT molecular complexity index is 1860. The van der Waals surface area contributed by atoms with Crippen LogP contribution >= 0.6 is 22.9 Å². The van der Waals surface area contributed by atoms with E-state index in [1.54, 1.807) is 0 Å². The van der Waals surface area contributed by atoms with Gasteiger partial charge in [0.25, 0.3) is 0 Å². The summed E-state index contributed by atoms with van der Waals surface area (Å²) in [6.45, 7) is -5.29. The zero-order valence-corrected chi connectivity index (χ0v) is 18.8. The first-order valence-electron chi connectivity index (χ1n) is 15.6. The highest BCUT2D eigenvalue weighted by molar-refractivity contribution is 7.23. The second-order valence-corrected chi connectivity index (χ2v) is 7.79. The van der Waals surface area contributed by atoms with E-state index in [2.05, 4.69) is 9.97 Å². The summed E-state index contributed by atoms with van der Waals surface area (Å²) in [5.74, 6) is -4.59. The van der Waals surface area contributed by atoms with E-state index < -0.39 is 97.5 Å². The van der Waals surface area contributed by atoms with Crippen molar-refractivity contribution in [1.82, 2.24) is 14.9 Å². The van der Waals surface area contributed by atoms with Crippen molar-refractivity contribution in [2.75, 3.05) is 18.4 Å². The molecule has 182 valence electrons. The molecule has 35 heavy (non-hydrogen) atoms. The summed E-state index contributed by atoms with van der Waals surface area (Å²) in [4.78, 5) is 27.2. The summed E-state index contributed by atoms with van der Waals surface area (Å²) in [5.41, 5.74) is -2.14. The van der Waals surface area contributed by atoms with E-state index in [-0.39, 0.29) is 25.9 Å². The average Bonchev–Trinajstić information content (AvgIpc) is 3.25. The van der Waals surface area contributed by atoms with E-state index in [0.29, 0.717) is 28.4 Å². The molecule has 4 rings (SSSR count). The molecule has 0 radical (unpaired) electrons. The largest absolute Gasteiger partial charge is 0.478 e. The number of hydrogen-bond donors (Lipinski definition) is 3. The van der Waals surface area contributed by atoms with E-state index >= 15 is 0 Å². The summed E-state index contributed by atoms with van der Waals surface area (Å²) >= 11 is 6.71. The molecule has 12 heteroatoms. The number of halogens is 2. The Balaban J connectivity index is 0.000000694. The molecule has 1 aromatic carbocycles.